The van der Waals surface area contributed by atoms with Crippen molar-refractivity contribution in [1.29, 1.82) is 0 Å². The molecule has 0 saturated carbocycles. The van der Waals surface area contributed by atoms with Crippen molar-refractivity contribution in [2.24, 2.45) is 0 Å². The monoisotopic (exact) mass is 304 g/mol. The van der Waals surface area contributed by atoms with Crippen molar-refractivity contribution in [2.75, 3.05) is 39.9 Å². The zero-order valence-electron chi connectivity index (χ0n) is 11.6. The van der Waals surface area contributed by atoms with Gasteiger partial charge in [0.15, 0.2) is 0 Å². The molecule has 1 aromatic rings. The summed E-state index contributed by atoms with van der Waals surface area (Å²) in [6, 6.07) is 4.56. The van der Waals surface area contributed by atoms with E-state index >= 15 is 0 Å². The Labute approximate surface area is 125 Å². The Kier molecular flexibility index (Phi) is 7.23. The number of hydrogen-bond donors (Lipinski definition) is 2. The molecule has 114 valence electrons. The lowest BCUT2D eigenvalue weighted by Crippen LogP contribution is -2.45. The van der Waals surface area contributed by atoms with E-state index in [1.165, 1.54) is 12.1 Å². The van der Waals surface area contributed by atoms with E-state index in [9.17, 15) is 9.50 Å². The molecule has 20 heavy (non-hydrogen) atoms. The molecule has 2 rings (SSSR count). The first kappa shape index (κ1) is 17.2. The first-order chi connectivity index (χ1) is 9.26. The minimum absolute atomic E-state index is 0. The maximum Gasteiger partial charge on any atom is 0.123 e. The molecule has 6 heteroatoms. The molecule has 1 aliphatic rings. The van der Waals surface area contributed by atoms with Gasteiger partial charge >= 0.3 is 0 Å². The van der Waals surface area contributed by atoms with Crippen LogP contribution in [0.4, 0.5) is 4.39 Å². The predicted molar refractivity (Wildman–Crippen MR) is 79.1 cm³/mol. The molecule has 0 aromatic heterocycles. The molecule has 1 aromatic carbocycles. The van der Waals surface area contributed by atoms with Crippen molar-refractivity contribution in [2.45, 2.75) is 12.5 Å². The second kappa shape index (κ2) is 8.42. The molecule has 1 aliphatic heterocycles. The lowest BCUT2D eigenvalue weighted by molar-refractivity contribution is 0.138. The molecule has 1 fully saturated rings. The van der Waals surface area contributed by atoms with Crippen LogP contribution in [0.3, 0.4) is 0 Å². The molecule has 4 nitrogen and oxygen atoms in total. The van der Waals surface area contributed by atoms with Gasteiger partial charge in [-0.05, 0) is 24.6 Å². The minimum Gasteiger partial charge on any atom is -0.496 e. The molecule has 0 radical (unpaired) electrons. The Morgan fingerprint density at radius 3 is 2.70 bits per heavy atom. The fourth-order valence-corrected chi connectivity index (χ4v) is 2.62. The lowest BCUT2D eigenvalue weighted by Gasteiger charge is -2.35. The van der Waals surface area contributed by atoms with E-state index in [-0.39, 0.29) is 30.9 Å². The quantitative estimate of drug-likeness (QED) is 0.867. The number of halogens is 2. The summed E-state index contributed by atoms with van der Waals surface area (Å²) in [6.45, 7) is 3.70. The van der Waals surface area contributed by atoms with Crippen molar-refractivity contribution in [3.8, 4) is 5.75 Å². The summed E-state index contributed by atoms with van der Waals surface area (Å²) >= 11 is 0. The van der Waals surface area contributed by atoms with Gasteiger partial charge < -0.3 is 15.2 Å². The van der Waals surface area contributed by atoms with Crippen LogP contribution in [0.25, 0.3) is 0 Å². The van der Waals surface area contributed by atoms with Gasteiger partial charge in [-0.1, -0.05) is 0 Å². The van der Waals surface area contributed by atoms with Crippen LogP contribution in [0.1, 0.15) is 18.0 Å². The van der Waals surface area contributed by atoms with Crippen molar-refractivity contribution >= 4 is 12.4 Å². The number of methoxy groups -OCH3 is 1. The van der Waals surface area contributed by atoms with Crippen LogP contribution in [-0.4, -0.2) is 49.9 Å². The summed E-state index contributed by atoms with van der Waals surface area (Å²) in [5.41, 5.74) is 0.818. The van der Waals surface area contributed by atoms with Gasteiger partial charge in [0.05, 0.1) is 7.11 Å². The van der Waals surface area contributed by atoms with Gasteiger partial charge in [-0.2, -0.15) is 0 Å². The number of aliphatic hydroxyl groups is 1. The molecule has 0 bridgehead atoms. The SMILES string of the molecule is COc1ccc(F)cc1[C@@H](CCO)N1CCNCC1.Cl. The Balaban J connectivity index is 0.00000200. The van der Waals surface area contributed by atoms with Gasteiger partial charge in [-0.3, -0.25) is 4.90 Å². The van der Waals surface area contributed by atoms with Gasteiger partial charge in [-0.15, -0.1) is 12.4 Å². The standard InChI is InChI=1S/C14H21FN2O2.ClH/c1-19-14-3-2-11(15)10-12(14)13(4-9-18)17-7-5-16-6-8-17;/h2-3,10,13,16,18H,4-9H2,1H3;1H/t13-;/m1./s1. The Bertz CT molecular complexity index is 414. The zero-order valence-corrected chi connectivity index (χ0v) is 12.5. The predicted octanol–water partition coefficient (Wildman–Crippen LogP) is 1.58. The molecular formula is C14H22ClFN2O2. The summed E-state index contributed by atoms with van der Waals surface area (Å²) in [7, 11) is 1.59. The summed E-state index contributed by atoms with van der Waals surface area (Å²) in [5, 5.41) is 12.6. The topological polar surface area (TPSA) is 44.7 Å². The summed E-state index contributed by atoms with van der Waals surface area (Å²) in [6.07, 6.45) is 0.583. The van der Waals surface area contributed by atoms with Gasteiger partial charge in [0.2, 0.25) is 0 Å². The molecule has 1 atom stereocenters. The van der Waals surface area contributed by atoms with E-state index in [0.717, 1.165) is 31.7 Å². The number of aliphatic hydroxyl groups excluding tert-OH is 1. The highest BCUT2D eigenvalue weighted by atomic mass is 35.5. The maximum atomic E-state index is 13.5. The first-order valence-electron chi connectivity index (χ1n) is 6.65. The fraction of sp³-hybridized carbons (Fsp3) is 0.571. The highest BCUT2D eigenvalue weighted by Gasteiger charge is 2.24. The van der Waals surface area contributed by atoms with Crippen LogP contribution in [0.2, 0.25) is 0 Å². The third kappa shape index (κ3) is 4.06. The van der Waals surface area contributed by atoms with Gasteiger partial charge in [-0.25, -0.2) is 4.39 Å². The molecule has 1 saturated heterocycles. The number of benzene rings is 1. The third-order valence-corrected chi connectivity index (χ3v) is 3.55. The van der Waals surface area contributed by atoms with Crippen LogP contribution in [0, 0.1) is 5.82 Å². The molecular weight excluding hydrogens is 283 g/mol. The van der Waals surface area contributed by atoms with Crippen LogP contribution < -0.4 is 10.1 Å². The summed E-state index contributed by atoms with van der Waals surface area (Å²) < 4.78 is 18.8. The van der Waals surface area contributed by atoms with Gasteiger partial charge in [0.1, 0.15) is 11.6 Å². The highest BCUT2D eigenvalue weighted by Crippen LogP contribution is 2.32. The minimum atomic E-state index is -0.270. The average Bonchev–Trinajstić information content (AvgIpc) is 2.45. The van der Waals surface area contributed by atoms with Crippen molar-refractivity contribution in [3.63, 3.8) is 0 Å². The normalized spacial score (nSPS) is 17.4. The third-order valence-electron chi connectivity index (χ3n) is 3.55. The largest absolute Gasteiger partial charge is 0.496 e. The number of piperazine rings is 1. The summed E-state index contributed by atoms with van der Waals surface area (Å²) in [5.74, 6) is 0.409. The molecule has 1 heterocycles. The molecule has 0 amide bonds. The molecule has 2 N–H and O–H groups in total. The van der Waals surface area contributed by atoms with Crippen LogP contribution in [-0.2, 0) is 0 Å². The zero-order chi connectivity index (χ0) is 13.7. The Morgan fingerprint density at radius 1 is 1.40 bits per heavy atom. The second-order valence-electron chi connectivity index (χ2n) is 4.70. The summed E-state index contributed by atoms with van der Waals surface area (Å²) in [4.78, 5) is 2.27. The number of nitrogens with one attached hydrogen (secondary N) is 1. The van der Waals surface area contributed by atoms with Crippen LogP contribution in [0.5, 0.6) is 5.75 Å². The number of ether oxygens (including phenoxy) is 1. The smallest absolute Gasteiger partial charge is 0.123 e. The van der Waals surface area contributed by atoms with Gasteiger partial charge in [0, 0.05) is 44.4 Å². The van der Waals surface area contributed by atoms with Crippen LogP contribution in [0.15, 0.2) is 18.2 Å². The molecule has 0 aliphatic carbocycles. The van der Waals surface area contributed by atoms with E-state index in [1.807, 2.05) is 0 Å². The average molecular weight is 305 g/mol. The van der Waals surface area contributed by atoms with Crippen molar-refractivity contribution in [1.82, 2.24) is 10.2 Å². The second-order valence-corrected chi connectivity index (χ2v) is 4.70. The van der Waals surface area contributed by atoms with Crippen LogP contribution >= 0.6 is 12.4 Å². The molecule has 0 unspecified atom stereocenters. The first-order valence-corrected chi connectivity index (χ1v) is 6.65. The van der Waals surface area contributed by atoms with E-state index in [0.29, 0.717) is 12.2 Å². The Hall–Kier alpha value is -0.880. The maximum absolute atomic E-state index is 13.5. The van der Waals surface area contributed by atoms with E-state index in [4.69, 9.17) is 4.74 Å². The van der Waals surface area contributed by atoms with Crippen molar-refractivity contribution in [3.05, 3.63) is 29.6 Å². The van der Waals surface area contributed by atoms with E-state index in [1.54, 1.807) is 13.2 Å². The van der Waals surface area contributed by atoms with Crippen molar-refractivity contribution < 1.29 is 14.2 Å². The highest BCUT2D eigenvalue weighted by molar-refractivity contribution is 5.85. The van der Waals surface area contributed by atoms with E-state index < -0.39 is 0 Å². The molecule has 0 spiro atoms. The number of nitrogens with zero attached hydrogens (tertiary/aromatic N) is 1. The fourth-order valence-electron chi connectivity index (χ4n) is 2.62. The number of rotatable bonds is 5. The lowest BCUT2D eigenvalue weighted by atomic mass is 10.00. The van der Waals surface area contributed by atoms with Gasteiger partial charge in [0.25, 0.3) is 0 Å². The Morgan fingerprint density at radius 2 is 2.10 bits per heavy atom. The van der Waals surface area contributed by atoms with E-state index in [2.05, 4.69) is 10.2 Å². The number of hydrogen-bond acceptors (Lipinski definition) is 4.